The van der Waals surface area contributed by atoms with Crippen LogP contribution in [0.1, 0.15) is 0 Å². The molecule has 0 aromatic rings. The second kappa shape index (κ2) is 3.28. The van der Waals surface area contributed by atoms with Crippen LogP contribution in [0, 0.1) is 0 Å². The van der Waals surface area contributed by atoms with Gasteiger partial charge in [0.25, 0.3) is 0 Å². The van der Waals surface area contributed by atoms with E-state index in [9.17, 15) is 4.48 Å². The number of halogens is 1. The van der Waals surface area contributed by atoms with Crippen LogP contribution in [-0.4, -0.2) is 0 Å². The lowest BCUT2D eigenvalue weighted by Crippen LogP contribution is -2.08. The topological polar surface area (TPSA) is 24.1 Å². The largest absolute Gasteiger partial charge is 0.214 e. The van der Waals surface area contributed by atoms with Crippen molar-refractivity contribution in [3.05, 3.63) is 0 Å². The van der Waals surface area contributed by atoms with Gasteiger partial charge in [0.1, 0.15) is 0 Å². The molecule has 0 radical (unpaired) electrons. The molecule has 0 fully saturated rings. The molecule has 0 saturated carbocycles. The lowest BCUT2D eigenvalue weighted by Gasteiger charge is -1.75. The summed E-state index contributed by atoms with van der Waals surface area (Å²) >= 11 is 0. The van der Waals surface area contributed by atoms with E-state index in [-0.39, 0.29) is 0 Å². The molecule has 0 aliphatic heterocycles. The van der Waals surface area contributed by atoms with Crippen LogP contribution in [-0.2, 0) is 0 Å². The summed E-state index contributed by atoms with van der Waals surface area (Å²) in [5.41, 5.74) is 1.14. The van der Waals surface area contributed by atoms with Gasteiger partial charge in [0.05, 0.1) is 0 Å². The van der Waals surface area contributed by atoms with Crippen LogP contribution in [0.5, 0.6) is 0 Å². The molecule has 1 unspecified atom stereocenters. The third-order valence-electron chi connectivity index (χ3n) is 0.0546. The van der Waals surface area contributed by atoms with Crippen LogP contribution >= 0.6 is 9.39 Å². The zero-order chi connectivity index (χ0) is 3.41. The molecule has 0 aliphatic carbocycles. The first-order valence-corrected chi connectivity index (χ1v) is 1.31. The molecule has 26 valence electrons. The summed E-state index contributed by atoms with van der Waals surface area (Å²) in [6.45, 7) is 0. The van der Waals surface area contributed by atoms with Crippen molar-refractivity contribution in [2.24, 2.45) is 0 Å². The monoisotopic (exact) mass is 82.0 g/mol. The highest BCUT2D eigenvalue weighted by molar-refractivity contribution is 7.13. The van der Waals surface area contributed by atoms with Gasteiger partial charge in [0.15, 0.2) is 0 Å². The highest BCUT2D eigenvalue weighted by atomic mass is 31.0. The van der Waals surface area contributed by atoms with Gasteiger partial charge in [-0.1, -0.05) is 5.65 Å². The summed E-state index contributed by atoms with van der Waals surface area (Å²) < 4.78 is 10.3. The van der Waals surface area contributed by atoms with Crippen LogP contribution in [0.4, 0.5) is 4.48 Å². The van der Waals surface area contributed by atoms with Crippen LogP contribution in [0.3, 0.4) is 0 Å². The maximum Gasteiger partial charge on any atom is -0.0495 e. The Labute approximate surface area is 25.9 Å². The van der Waals surface area contributed by atoms with Gasteiger partial charge in [-0.3, -0.25) is 0 Å². The van der Waals surface area contributed by atoms with Crippen molar-refractivity contribution in [1.82, 2.24) is 10.8 Å². The summed E-state index contributed by atoms with van der Waals surface area (Å²) in [5, 5.41) is 1.93. The van der Waals surface area contributed by atoms with Crippen molar-refractivity contribution in [3.63, 3.8) is 0 Å². The summed E-state index contributed by atoms with van der Waals surface area (Å²) in [4.78, 5) is 0. The number of hydrogen-bond acceptors (Lipinski definition) is 2. The van der Waals surface area contributed by atoms with Crippen molar-refractivity contribution >= 4 is 9.39 Å². The molecule has 2 nitrogen and oxygen atoms in total. The molecule has 0 rings (SSSR count). The van der Waals surface area contributed by atoms with Gasteiger partial charge < -0.3 is 0 Å². The maximum atomic E-state index is 10.3. The van der Waals surface area contributed by atoms with Gasteiger partial charge in [-0.15, -0.1) is 4.48 Å². The second-order valence-electron chi connectivity index (χ2n) is 0.239. The Balaban J connectivity index is 1.97. The van der Waals surface area contributed by atoms with Crippen LogP contribution in [0.2, 0.25) is 0 Å². The Hall–Kier alpha value is 0.280. The van der Waals surface area contributed by atoms with E-state index in [2.05, 4.69) is 0 Å². The summed E-state index contributed by atoms with van der Waals surface area (Å²) in [6.07, 6.45) is 0. The van der Waals surface area contributed by atoms with Crippen molar-refractivity contribution in [1.29, 1.82) is 0 Å². The SMILES string of the molecule is FNNP. The van der Waals surface area contributed by atoms with E-state index < -0.39 is 0 Å². The maximum absolute atomic E-state index is 10.3. The van der Waals surface area contributed by atoms with Crippen molar-refractivity contribution in [3.8, 4) is 0 Å². The number of rotatable bonds is 1. The van der Waals surface area contributed by atoms with Crippen molar-refractivity contribution in [2.75, 3.05) is 0 Å². The van der Waals surface area contributed by atoms with Crippen LogP contribution < -0.4 is 10.8 Å². The average Bonchev–Trinajstić information content (AvgIpc) is 1.37. The molecule has 0 saturated heterocycles. The number of hydrazine groups is 1. The van der Waals surface area contributed by atoms with E-state index in [1.807, 2.05) is 14.6 Å². The zero-order valence-corrected chi connectivity index (χ0v) is 3.11. The molecule has 0 bridgehead atoms. The third kappa shape index (κ3) is 2.28. The molecule has 4 heavy (non-hydrogen) atoms. The fourth-order valence-electron chi connectivity index (χ4n) is 0. The molecule has 2 N–H and O–H groups in total. The first-order chi connectivity index (χ1) is 1.91. The standard InChI is InChI=1S/FH4N2P/c1-2-3-4/h2-3H,4H2. The summed E-state index contributed by atoms with van der Waals surface area (Å²) in [5.74, 6) is 0. The Bertz CT molecular complexity index is 8.00. The zero-order valence-electron chi connectivity index (χ0n) is 1.96. The number of hydrogen-bond donors (Lipinski definition) is 2. The minimum Gasteiger partial charge on any atom is -0.214 e. The Kier molecular flexibility index (Phi) is 3.51. The van der Waals surface area contributed by atoms with E-state index in [0.29, 0.717) is 0 Å². The minimum atomic E-state index is 1.14. The highest BCUT2D eigenvalue weighted by Gasteiger charge is 1.49. The fourth-order valence-corrected chi connectivity index (χ4v) is 0. The van der Waals surface area contributed by atoms with Crippen molar-refractivity contribution in [2.45, 2.75) is 0 Å². The molecule has 0 amide bonds. The van der Waals surface area contributed by atoms with E-state index in [0.717, 1.165) is 5.65 Å². The summed E-state index contributed by atoms with van der Waals surface area (Å²) in [7, 11) is 1.92. The molecule has 0 aromatic heterocycles. The molecule has 0 spiro atoms. The van der Waals surface area contributed by atoms with Gasteiger partial charge in [-0.25, -0.2) is 5.20 Å². The van der Waals surface area contributed by atoms with Crippen LogP contribution in [0.15, 0.2) is 0 Å². The first kappa shape index (κ1) is 4.28. The normalized spacial score (nSPS) is 7.50. The average molecular weight is 82.0 g/mol. The molecule has 1 atom stereocenters. The van der Waals surface area contributed by atoms with Crippen molar-refractivity contribution < 1.29 is 4.48 Å². The van der Waals surface area contributed by atoms with E-state index in [1.165, 1.54) is 0 Å². The lowest BCUT2D eigenvalue weighted by atomic mass is 12.9. The smallest absolute Gasteiger partial charge is 0.0495 e. The van der Waals surface area contributed by atoms with Gasteiger partial charge >= 0.3 is 0 Å². The quantitative estimate of drug-likeness (QED) is 0.259. The molecular formula is H4FN2P. The first-order valence-electron chi connectivity index (χ1n) is 0.728. The van der Waals surface area contributed by atoms with Crippen LogP contribution in [0.25, 0.3) is 0 Å². The Morgan fingerprint density at radius 1 is 1.75 bits per heavy atom. The highest BCUT2D eigenvalue weighted by Crippen LogP contribution is 1.53. The van der Waals surface area contributed by atoms with Gasteiger partial charge in [-0.05, 0) is 9.39 Å². The summed E-state index contributed by atoms with van der Waals surface area (Å²) in [6, 6.07) is 0. The molecule has 0 aromatic carbocycles. The molecular weight excluding hydrogens is 78.0 g/mol. The number of nitrogens with one attached hydrogen (secondary N) is 2. The Morgan fingerprint density at radius 2 is 2.00 bits per heavy atom. The Morgan fingerprint density at radius 3 is 2.00 bits per heavy atom. The van der Waals surface area contributed by atoms with E-state index in [4.69, 9.17) is 0 Å². The minimum absolute atomic E-state index is 1.14. The van der Waals surface area contributed by atoms with Gasteiger partial charge in [0, 0.05) is 0 Å². The lowest BCUT2D eigenvalue weighted by molar-refractivity contribution is 0.319. The van der Waals surface area contributed by atoms with Gasteiger partial charge in [0.2, 0.25) is 0 Å². The third-order valence-corrected chi connectivity index (χ3v) is 0.164. The van der Waals surface area contributed by atoms with Gasteiger partial charge in [-0.2, -0.15) is 0 Å². The molecule has 0 heterocycles. The second-order valence-corrected chi connectivity index (χ2v) is 0.528. The molecule has 4 heteroatoms. The molecule has 0 aliphatic rings. The van der Waals surface area contributed by atoms with E-state index in [1.54, 1.807) is 0 Å². The predicted molar refractivity (Wildman–Crippen MR) is 17.1 cm³/mol. The van der Waals surface area contributed by atoms with E-state index >= 15 is 0 Å². The predicted octanol–water partition coefficient (Wildman–Crippen LogP) is -0.245. The fraction of sp³-hybridized carbons (Fsp3) is 0.